The van der Waals surface area contributed by atoms with E-state index in [1.165, 1.54) is 19.1 Å². The summed E-state index contributed by atoms with van der Waals surface area (Å²) in [6.45, 7) is 2.35. The molecule has 1 aromatic carbocycles. The Morgan fingerprint density at radius 3 is 2.56 bits per heavy atom. The summed E-state index contributed by atoms with van der Waals surface area (Å²) in [6, 6.07) is 8.25. The highest BCUT2D eigenvalue weighted by molar-refractivity contribution is 5.75. The lowest BCUT2D eigenvalue weighted by Crippen LogP contribution is -2.39. The number of benzene rings is 1. The van der Waals surface area contributed by atoms with Gasteiger partial charge < -0.3 is 10.2 Å². The van der Waals surface area contributed by atoms with Crippen molar-refractivity contribution in [3.63, 3.8) is 0 Å². The summed E-state index contributed by atoms with van der Waals surface area (Å²) in [7, 11) is 0. The number of nitrogens with zero attached hydrogens (tertiary/aromatic N) is 2. The molecule has 0 saturated carbocycles. The van der Waals surface area contributed by atoms with E-state index in [1.54, 1.807) is 12.1 Å². The molecular weight excluding hydrogens is 359 g/mol. The van der Waals surface area contributed by atoms with Gasteiger partial charge in [-0.1, -0.05) is 0 Å². The molecule has 1 aliphatic heterocycles. The fraction of sp³-hybridized carbons (Fsp3) is 0.316. The second-order valence-corrected chi connectivity index (χ2v) is 6.48. The molecule has 0 spiro atoms. The van der Waals surface area contributed by atoms with E-state index in [4.69, 9.17) is 0 Å². The van der Waals surface area contributed by atoms with Gasteiger partial charge in [-0.25, -0.2) is 4.98 Å². The van der Waals surface area contributed by atoms with Crippen LogP contribution in [0.1, 0.15) is 28.7 Å². The summed E-state index contributed by atoms with van der Waals surface area (Å²) in [5.74, 6) is -0.144. The van der Waals surface area contributed by atoms with Crippen LogP contribution in [0, 0.1) is 5.92 Å². The lowest BCUT2D eigenvalue weighted by molar-refractivity contribution is -0.137. The quantitative estimate of drug-likeness (QED) is 0.830. The second kappa shape index (κ2) is 7.38. The van der Waals surface area contributed by atoms with Crippen molar-refractivity contribution >= 4 is 23.6 Å². The summed E-state index contributed by atoms with van der Waals surface area (Å²) < 4.78 is 38.5. The number of anilines is 2. The molecule has 2 aromatic rings. The predicted molar refractivity (Wildman–Crippen MR) is 94.0 cm³/mol. The van der Waals surface area contributed by atoms with Gasteiger partial charge in [-0.05, 0) is 48.7 Å². The largest absolute Gasteiger partial charge is 0.416 e. The van der Waals surface area contributed by atoms with Gasteiger partial charge in [-0.3, -0.25) is 9.59 Å². The van der Waals surface area contributed by atoms with Crippen molar-refractivity contribution in [1.29, 1.82) is 0 Å². The number of hydrogen-bond acceptors (Lipinski definition) is 4. The van der Waals surface area contributed by atoms with Crippen LogP contribution in [0.2, 0.25) is 0 Å². The third kappa shape index (κ3) is 4.27. The molecular formula is C19H18F3N3O2. The molecule has 2 heterocycles. The van der Waals surface area contributed by atoms with Crippen LogP contribution in [0.4, 0.5) is 24.5 Å². The number of nitrogens with one attached hydrogen (secondary N) is 1. The average Bonchev–Trinajstić information content (AvgIpc) is 2.64. The molecule has 8 heteroatoms. The highest BCUT2D eigenvalue weighted by Gasteiger charge is 2.31. The first-order chi connectivity index (χ1) is 12.8. The highest BCUT2D eigenvalue weighted by Crippen LogP contribution is 2.36. The van der Waals surface area contributed by atoms with E-state index in [0.29, 0.717) is 42.9 Å². The highest BCUT2D eigenvalue weighted by atomic mass is 19.4. The Morgan fingerprint density at radius 1 is 1.26 bits per heavy atom. The van der Waals surface area contributed by atoms with Crippen molar-refractivity contribution in [3.05, 3.63) is 53.3 Å². The van der Waals surface area contributed by atoms with Crippen molar-refractivity contribution in [2.24, 2.45) is 5.92 Å². The summed E-state index contributed by atoms with van der Waals surface area (Å²) in [5.41, 5.74) is 1.60. The van der Waals surface area contributed by atoms with Crippen LogP contribution < -0.4 is 10.2 Å². The Bertz CT molecular complexity index is 850. The molecule has 3 rings (SSSR count). The number of aromatic nitrogens is 1. The number of hydrogen-bond donors (Lipinski definition) is 1. The lowest BCUT2D eigenvalue weighted by Gasteiger charge is -2.35. The van der Waals surface area contributed by atoms with E-state index in [1.807, 2.05) is 4.90 Å². The third-order valence-corrected chi connectivity index (χ3v) is 4.45. The normalized spacial score (nSPS) is 16.6. The fourth-order valence-electron chi connectivity index (χ4n) is 3.17. The van der Waals surface area contributed by atoms with E-state index < -0.39 is 11.7 Å². The molecule has 0 fully saturated rings. The molecule has 1 aromatic heterocycles. The zero-order valence-corrected chi connectivity index (χ0v) is 14.6. The van der Waals surface area contributed by atoms with Gasteiger partial charge >= 0.3 is 6.18 Å². The third-order valence-electron chi connectivity index (χ3n) is 4.45. The van der Waals surface area contributed by atoms with E-state index >= 15 is 0 Å². The number of carbonyl (C=O) groups is 2. The standard InChI is InChI=1S/C19H18F3N3O2/c1-12(27)23-9-13-8-17-18(7-4-15(11-26)24-17)25(10-13)16-5-2-14(3-6-16)19(20,21)22/h2-7,11,13H,8-10H2,1H3,(H,23,27). The smallest absolute Gasteiger partial charge is 0.356 e. The molecule has 1 amide bonds. The minimum absolute atomic E-state index is 0.0121. The number of fused-ring (bicyclic) bond motifs is 1. The molecule has 0 radical (unpaired) electrons. The Hall–Kier alpha value is -2.90. The summed E-state index contributed by atoms with van der Waals surface area (Å²) >= 11 is 0. The molecule has 1 N–H and O–H groups in total. The number of carbonyl (C=O) groups excluding carboxylic acids is 2. The molecule has 0 saturated heterocycles. The Kier molecular flexibility index (Phi) is 5.16. The molecule has 0 bridgehead atoms. The Balaban J connectivity index is 1.95. The van der Waals surface area contributed by atoms with Crippen LogP contribution in [-0.2, 0) is 17.4 Å². The fourth-order valence-corrected chi connectivity index (χ4v) is 3.17. The van der Waals surface area contributed by atoms with Gasteiger partial charge in [0, 0.05) is 25.7 Å². The molecule has 27 heavy (non-hydrogen) atoms. The van der Waals surface area contributed by atoms with Crippen LogP contribution in [0.5, 0.6) is 0 Å². The van der Waals surface area contributed by atoms with Crippen molar-refractivity contribution in [1.82, 2.24) is 10.3 Å². The van der Waals surface area contributed by atoms with E-state index in [0.717, 1.165) is 17.8 Å². The number of halogens is 3. The minimum atomic E-state index is -4.40. The van der Waals surface area contributed by atoms with Gasteiger partial charge in [-0.15, -0.1) is 0 Å². The first-order valence-electron chi connectivity index (χ1n) is 8.42. The minimum Gasteiger partial charge on any atom is -0.356 e. The van der Waals surface area contributed by atoms with Crippen molar-refractivity contribution < 1.29 is 22.8 Å². The van der Waals surface area contributed by atoms with Crippen LogP contribution >= 0.6 is 0 Å². The van der Waals surface area contributed by atoms with Crippen LogP contribution in [0.25, 0.3) is 0 Å². The first-order valence-corrected chi connectivity index (χ1v) is 8.42. The van der Waals surface area contributed by atoms with Crippen molar-refractivity contribution in [2.45, 2.75) is 19.5 Å². The zero-order valence-electron chi connectivity index (χ0n) is 14.6. The molecule has 1 aliphatic rings. The number of rotatable bonds is 4. The average molecular weight is 377 g/mol. The van der Waals surface area contributed by atoms with E-state index in [9.17, 15) is 22.8 Å². The zero-order chi connectivity index (χ0) is 19.6. The first kappa shape index (κ1) is 18.9. The predicted octanol–water partition coefficient (Wildman–Crippen LogP) is 3.36. The van der Waals surface area contributed by atoms with Crippen molar-refractivity contribution in [2.75, 3.05) is 18.0 Å². The van der Waals surface area contributed by atoms with Gasteiger partial charge in [0.05, 0.1) is 16.9 Å². The molecule has 5 nitrogen and oxygen atoms in total. The summed E-state index contributed by atoms with van der Waals surface area (Å²) in [4.78, 5) is 28.5. The molecule has 1 atom stereocenters. The van der Waals surface area contributed by atoms with Gasteiger partial charge in [0.25, 0.3) is 0 Å². The van der Waals surface area contributed by atoms with Crippen molar-refractivity contribution in [3.8, 4) is 0 Å². The van der Waals surface area contributed by atoms with Gasteiger partial charge in [0.2, 0.25) is 5.91 Å². The number of pyridine rings is 1. The summed E-state index contributed by atoms with van der Waals surface area (Å²) in [5, 5.41) is 2.76. The van der Waals surface area contributed by atoms with E-state index in [2.05, 4.69) is 10.3 Å². The maximum Gasteiger partial charge on any atom is 0.416 e. The monoisotopic (exact) mass is 377 g/mol. The SMILES string of the molecule is CC(=O)NCC1Cc2nc(C=O)ccc2N(c2ccc(C(F)(F)F)cc2)C1. The summed E-state index contributed by atoms with van der Waals surface area (Å²) in [6.07, 6.45) is -3.18. The lowest BCUT2D eigenvalue weighted by atomic mass is 9.95. The Labute approximate surface area is 154 Å². The maximum absolute atomic E-state index is 12.8. The van der Waals surface area contributed by atoms with Gasteiger partial charge in [0.1, 0.15) is 5.69 Å². The maximum atomic E-state index is 12.8. The van der Waals surface area contributed by atoms with Crippen LogP contribution in [-0.4, -0.2) is 30.3 Å². The van der Waals surface area contributed by atoms with E-state index in [-0.39, 0.29) is 11.8 Å². The Morgan fingerprint density at radius 2 is 1.96 bits per heavy atom. The van der Waals surface area contributed by atoms with Gasteiger partial charge in [0.15, 0.2) is 6.29 Å². The number of amides is 1. The van der Waals surface area contributed by atoms with Crippen LogP contribution in [0.15, 0.2) is 36.4 Å². The molecule has 142 valence electrons. The van der Waals surface area contributed by atoms with Crippen LogP contribution in [0.3, 0.4) is 0 Å². The second-order valence-electron chi connectivity index (χ2n) is 6.48. The molecule has 1 unspecified atom stereocenters. The molecule has 0 aliphatic carbocycles. The topological polar surface area (TPSA) is 62.3 Å². The number of aldehydes is 1. The number of alkyl halides is 3. The van der Waals surface area contributed by atoms with Gasteiger partial charge in [-0.2, -0.15) is 13.2 Å².